The zero-order chi connectivity index (χ0) is 17.4. The Morgan fingerprint density at radius 3 is 2.62 bits per heavy atom. The van der Waals surface area contributed by atoms with Gasteiger partial charge in [0.1, 0.15) is 0 Å². The highest BCUT2D eigenvalue weighted by Crippen LogP contribution is 2.43. The number of nitrogens with zero attached hydrogens (tertiary/aromatic N) is 1. The van der Waals surface area contributed by atoms with Crippen LogP contribution in [0.1, 0.15) is 49.4 Å². The average molecular weight is 347 g/mol. The number of sulfone groups is 1. The molecule has 1 fully saturated rings. The maximum absolute atomic E-state index is 12.2. The Labute approximate surface area is 144 Å². The van der Waals surface area contributed by atoms with E-state index in [1.165, 1.54) is 19.6 Å². The Bertz CT molecular complexity index is 782. The molecule has 1 heterocycles. The van der Waals surface area contributed by atoms with Gasteiger partial charge < -0.3 is 4.90 Å². The van der Waals surface area contributed by atoms with Crippen molar-refractivity contribution in [3.8, 4) is 0 Å². The molecule has 1 aliphatic heterocycles. The predicted molar refractivity (Wildman–Crippen MR) is 96.4 cm³/mol. The van der Waals surface area contributed by atoms with Crippen LogP contribution in [-0.4, -0.2) is 33.5 Å². The molecule has 1 spiro atoms. The second kappa shape index (κ2) is 6.36. The van der Waals surface area contributed by atoms with Gasteiger partial charge in [0.15, 0.2) is 15.6 Å². The molecule has 0 amide bonds. The molecule has 0 bridgehead atoms. The van der Waals surface area contributed by atoms with Gasteiger partial charge in [0.2, 0.25) is 0 Å². The van der Waals surface area contributed by atoms with Crippen LogP contribution in [0.2, 0.25) is 0 Å². The van der Waals surface area contributed by atoms with Crippen molar-refractivity contribution >= 4 is 21.3 Å². The molecule has 0 aromatic heterocycles. The van der Waals surface area contributed by atoms with Crippen LogP contribution >= 0.6 is 0 Å². The van der Waals surface area contributed by atoms with E-state index in [9.17, 15) is 13.2 Å². The number of ketones is 1. The largest absolute Gasteiger partial charge is 0.370 e. The molecular weight excluding hydrogens is 322 g/mol. The number of carbonyl (C=O) groups is 1. The fourth-order valence-electron chi connectivity index (χ4n) is 4.02. The van der Waals surface area contributed by atoms with Gasteiger partial charge in [-0.2, -0.15) is 0 Å². The molecule has 24 heavy (non-hydrogen) atoms. The molecular formula is C19H25NO3S. The van der Waals surface area contributed by atoms with Gasteiger partial charge in [0.25, 0.3) is 0 Å². The number of allylic oxidation sites excluding steroid dienone is 2. The minimum atomic E-state index is -3.33. The summed E-state index contributed by atoms with van der Waals surface area (Å²) in [5.41, 5.74) is 1.51. The molecule has 1 aliphatic carbocycles. The highest BCUT2D eigenvalue weighted by Gasteiger charge is 2.36. The topological polar surface area (TPSA) is 54.5 Å². The molecule has 2 aliphatic rings. The van der Waals surface area contributed by atoms with Crippen LogP contribution in [-0.2, 0) is 9.84 Å². The molecule has 0 N–H and O–H groups in total. The van der Waals surface area contributed by atoms with Gasteiger partial charge in [0, 0.05) is 24.9 Å². The van der Waals surface area contributed by atoms with Crippen molar-refractivity contribution in [3.63, 3.8) is 0 Å². The van der Waals surface area contributed by atoms with Crippen LogP contribution in [0.15, 0.2) is 35.2 Å². The summed E-state index contributed by atoms with van der Waals surface area (Å²) in [4.78, 5) is 14.3. The van der Waals surface area contributed by atoms with Crippen molar-refractivity contribution in [2.24, 2.45) is 5.41 Å². The van der Waals surface area contributed by atoms with Crippen LogP contribution in [0.4, 0.5) is 5.69 Å². The van der Waals surface area contributed by atoms with Gasteiger partial charge in [-0.15, -0.1) is 0 Å². The quantitative estimate of drug-likeness (QED) is 0.619. The molecule has 1 saturated heterocycles. The first-order valence-corrected chi connectivity index (χ1v) is 10.4. The number of anilines is 1. The third-order valence-corrected chi connectivity index (χ3v) is 6.47. The number of piperidine rings is 1. The SMILES string of the molecule is CC(=O)c1ccc(S(C)(=O)=O)c(N2CCC[C@]3(CC=CCC3)C2)c1. The smallest absolute Gasteiger partial charge is 0.177 e. The number of hydrogen-bond acceptors (Lipinski definition) is 4. The van der Waals surface area contributed by atoms with E-state index < -0.39 is 9.84 Å². The number of Topliss-reactive ketones (excluding diaryl/α,β-unsaturated/α-hetero) is 1. The summed E-state index contributed by atoms with van der Waals surface area (Å²) in [6.45, 7) is 3.22. The van der Waals surface area contributed by atoms with Crippen molar-refractivity contribution in [3.05, 3.63) is 35.9 Å². The van der Waals surface area contributed by atoms with Crippen molar-refractivity contribution < 1.29 is 13.2 Å². The molecule has 1 atom stereocenters. The summed E-state index contributed by atoms with van der Waals surface area (Å²) in [6, 6.07) is 4.96. The fraction of sp³-hybridized carbons (Fsp3) is 0.526. The summed E-state index contributed by atoms with van der Waals surface area (Å²) in [5, 5.41) is 0. The molecule has 0 unspecified atom stereocenters. The Balaban J connectivity index is 2.01. The predicted octanol–water partition coefficient (Wildman–Crippen LogP) is 3.62. The first kappa shape index (κ1) is 17.2. The van der Waals surface area contributed by atoms with Gasteiger partial charge in [-0.1, -0.05) is 12.2 Å². The highest BCUT2D eigenvalue weighted by molar-refractivity contribution is 7.90. The Morgan fingerprint density at radius 1 is 1.21 bits per heavy atom. The van der Waals surface area contributed by atoms with Crippen LogP contribution in [0, 0.1) is 5.41 Å². The van der Waals surface area contributed by atoms with Gasteiger partial charge in [0.05, 0.1) is 10.6 Å². The van der Waals surface area contributed by atoms with Gasteiger partial charge in [-0.25, -0.2) is 8.42 Å². The van der Waals surface area contributed by atoms with E-state index >= 15 is 0 Å². The first-order chi connectivity index (χ1) is 11.3. The molecule has 4 nitrogen and oxygen atoms in total. The molecule has 1 aromatic rings. The van der Waals surface area contributed by atoms with E-state index in [4.69, 9.17) is 0 Å². The Hall–Kier alpha value is -1.62. The monoisotopic (exact) mass is 347 g/mol. The molecule has 1 aromatic carbocycles. The van der Waals surface area contributed by atoms with E-state index in [2.05, 4.69) is 17.1 Å². The standard InChI is InChI=1S/C19H25NO3S/c1-15(21)16-7-8-18(24(2,22)23)17(13-16)20-12-6-11-19(14-20)9-4-3-5-10-19/h3-4,7-8,13H,5-6,9-12,14H2,1-2H3/t19-/m1/s1. The lowest BCUT2D eigenvalue weighted by Crippen LogP contribution is -2.44. The summed E-state index contributed by atoms with van der Waals surface area (Å²) >= 11 is 0. The van der Waals surface area contributed by atoms with Gasteiger partial charge in [-0.05, 0) is 62.6 Å². The van der Waals surface area contributed by atoms with Gasteiger partial charge in [-0.3, -0.25) is 4.79 Å². The van der Waals surface area contributed by atoms with Crippen LogP contribution in [0.3, 0.4) is 0 Å². The number of carbonyl (C=O) groups excluding carboxylic acids is 1. The van der Waals surface area contributed by atoms with E-state index in [0.717, 1.165) is 38.8 Å². The Kier molecular flexibility index (Phi) is 4.56. The summed E-state index contributed by atoms with van der Waals surface area (Å²) in [6.07, 6.45) is 11.3. The average Bonchev–Trinajstić information content (AvgIpc) is 2.54. The third kappa shape index (κ3) is 3.41. The number of hydrogen-bond donors (Lipinski definition) is 0. The lowest BCUT2D eigenvalue weighted by atomic mass is 9.71. The minimum Gasteiger partial charge on any atom is -0.370 e. The van der Waals surface area contributed by atoms with Crippen molar-refractivity contribution in [1.29, 1.82) is 0 Å². The van der Waals surface area contributed by atoms with E-state index in [0.29, 0.717) is 16.1 Å². The molecule has 130 valence electrons. The van der Waals surface area contributed by atoms with Crippen molar-refractivity contribution in [2.75, 3.05) is 24.2 Å². The highest BCUT2D eigenvalue weighted by atomic mass is 32.2. The van der Waals surface area contributed by atoms with Crippen molar-refractivity contribution in [1.82, 2.24) is 0 Å². The molecule has 0 radical (unpaired) electrons. The number of benzene rings is 1. The van der Waals surface area contributed by atoms with E-state index in [1.807, 2.05) is 0 Å². The zero-order valence-corrected chi connectivity index (χ0v) is 15.2. The zero-order valence-electron chi connectivity index (χ0n) is 14.4. The van der Waals surface area contributed by atoms with Crippen LogP contribution in [0.5, 0.6) is 0 Å². The first-order valence-electron chi connectivity index (χ1n) is 8.56. The van der Waals surface area contributed by atoms with E-state index in [1.54, 1.807) is 18.2 Å². The normalized spacial score (nSPS) is 24.3. The third-order valence-electron chi connectivity index (χ3n) is 5.33. The maximum atomic E-state index is 12.2. The Morgan fingerprint density at radius 2 is 2.00 bits per heavy atom. The lowest BCUT2D eigenvalue weighted by Gasteiger charge is -2.45. The van der Waals surface area contributed by atoms with Gasteiger partial charge >= 0.3 is 0 Å². The maximum Gasteiger partial charge on any atom is 0.177 e. The number of rotatable bonds is 3. The molecule has 5 heteroatoms. The minimum absolute atomic E-state index is 0.0383. The van der Waals surface area contributed by atoms with E-state index in [-0.39, 0.29) is 11.2 Å². The van der Waals surface area contributed by atoms with Crippen LogP contribution < -0.4 is 4.90 Å². The summed E-state index contributed by atoms with van der Waals surface area (Å²) in [5.74, 6) is -0.0383. The second-order valence-corrected chi connectivity index (χ2v) is 9.23. The summed E-state index contributed by atoms with van der Waals surface area (Å²) in [7, 11) is -3.33. The second-order valence-electron chi connectivity index (χ2n) is 7.25. The summed E-state index contributed by atoms with van der Waals surface area (Å²) < 4.78 is 24.4. The lowest BCUT2D eigenvalue weighted by molar-refractivity contribution is 0.101. The molecule has 0 saturated carbocycles. The van der Waals surface area contributed by atoms with Crippen LogP contribution in [0.25, 0.3) is 0 Å². The molecule has 3 rings (SSSR count). The fourth-order valence-corrected chi connectivity index (χ4v) is 4.91. The van der Waals surface area contributed by atoms with Crippen molar-refractivity contribution in [2.45, 2.75) is 43.9 Å².